The predicted octanol–water partition coefficient (Wildman–Crippen LogP) is 2.64. The average Bonchev–Trinajstić information content (AvgIpc) is 2.18. The maximum Gasteiger partial charge on any atom is 0.177 e. The van der Waals surface area contributed by atoms with Crippen LogP contribution in [0.3, 0.4) is 0 Å². The molecule has 0 aliphatic rings. The highest BCUT2D eigenvalue weighted by atomic mass is 35.5. The number of alkyl halides is 1. The largest absolute Gasteiger partial charge is 0.488 e. The van der Waals surface area contributed by atoms with Gasteiger partial charge in [0.05, 0.1) is 10.6 Å². The fourth-order valence-corrected chi connectivity index (χ4v) is 1.11. The van der Waals surface area contributed by atoms with Gasteiger partial charge < -0.3 is 4.74 Å². The number of benzene rings is 1. The normalized spacial score (nSPS) is 9.93. The zero-order valence-corrected chi connectivity index (χ0v) is 7.85. The monoisotopic (exact) mass is 220 g/mol. The van der Waals surface area contributed by atoms with Crippen LogP contribution in [0.4, 0.5) is 8.78 Å². The Morgan fingerprint density at radius 2 is 2.21 bits per heavy atom. The molecule has 0 bridgehead atoms. The van der Waals surface area contributed by atoms with E-state index in [1.807, 2.05) is 0 Å². The Hall–Kier alpha value is -1.16. The van der Waals surface area contributed by atoms with Crippen LogP contribution in [0.1, 0.15) is 10.4 Å². The zero-order chi connectivity index (χ0) is 10.6. The molecular weight excluding hydrogens is 214 g/mol. The molecule has 0 saturated heterocycles. The number of carbonyl (C=O) groups is 1. The topological polar surface area (TPSA) is 26.3 Å². The van der Waals surface area contributed by atoms with Crippen LogP contribution in [0.25, 0.3) is 0 Å². The lowest BCUT2D eigenvalue weighted by atomic mass is 10.2. The number of carbonyl (C=O) groups excluding carboxylic acids is 1. The molecule has 0 fully saturated rings. The van der Waals surface area contributed by atoms with Crippen LogP contribution in [0, 0.1) is 5.82 Å². The summed E-state index contributed by atoms with van der Waals surface area (Å²) in [4.78, 5) is 10.4. The fourth-order valence-electron chi connectivity index (χ4n) is 0.917. The highest BCUT2D eigenvalue weighted by Crippen LogP contribution is 2.25. The summed E-state index contributed by atoms with van der Waals surface area (Å²) in [6, 6.07) is 2.57. The summed E-state index contributed by atoms with van der Waals surface area (Å²) in [5.74, 6) is -1.03. The van der Waals surface area contributed by atoms with Gasteiger partial charge in [-0.3, -0.25) is 4.79 Å². The average molecular weight is 221 g/mol. The van der Waals surface area contributed by atoms with E-state index in [1.54, 1.807) is 0 Å². The van der Waals surface area contributed by atoms with Gasteiger partial charge in [0.2, 0.25) is 0 Å². The van der Waals surface area contributed by atoms with Crippen LogP contribution in [0.2, 0.25) is 5.02 Å². The van der Waals surface area contributed by atoms with E-state index < -0.39 is 12.5 Å². The third kappa shape index (κ3) is 2.20. The minimum Gasteiger partial charge on any atom is -0.488 e. The fraction of sp³-hybridized carbons (Fsp3) is 0.222. The minimum absolute atomic E-state index is 0.00472. The summed E-state index contributed by atoms with van der Waals surface area (Å²) < 4.78 is 29.7. The molecule has 0 N–H and O–H groups in total. The molecule has 0 aliphatic carbocycles. The van der Waals surface area contributed by atoms with Crippen molar-refractivity contribution in [2.45, 2.75) is 0 Å². The highest BCUT2D eigenvalue weighted by molar-refractivity contribution is 6.33. The van der Waals surface area contributed by atoms with Gasteiger partial charge in [-0.05, 0) is 12.1 Å². The highest BCUT2D eigenvalue weighted by Gasteiger charge is 2.12. The van der Waals surface area contributed by atoms with E-state index in [0.29, 0.717) is 6.29 Å². The lowest BCUT2D eigenvalue weighted by Gasteiger charge is -2.06. The van der Waals surface area contributed by atoms with Crippen molar-refractivity contribution in [2.24, 2.45) is 0 Å². The second-order valence-electron chi connectivity index (χ2n) is 2.43. The molecule has 1 rings (SSSR count). The summed E-state index contributed by atoms with van der Waals surface area (Å²) >= 11 is 5.53. The molecule has 1 aromatic carbocycles. The first-order valence-corrected chi connectivity index (χ1v) is 4.20. The van der Waals surface area contributed by atoms with Crippen molar-refractivity contribution >= 4 is 17.9 Å². The van der Waals surface area contributed by atoms with Crippen molar-refractivity contribution < 1.29 is 18.3 Å². The van der Waals surface area contributed by atoms with Gasteiger partial charge in [-0.2, -0.15) is 0 Å². The van der Waals surface area contributed by atoms with Gasteiger partial charge in [0.25, 0.3) is 0 Å². The third-order valence-corrected chi connectivity index (χ3v) is 1.87. The molecule has 0 amide bonds. The minimum atomic E-state index is -0.860. The van der Waals surface area contributed by atoms with Crippen molar-refractivity contribution in [3.8, 4) is 5.75 Å². The van der Waals surface area contributed by atoms with Gasteiger partial charge >= 0.3 is 0 Å². The smallest absolute Gasteiger partial charge is 0.177 e. The first-order chi connectivity index (χ1) is 6.70. The number of aldehydes is 1. The molecule has 0 unspecified atom stereocenters. The number of ether oxygens (including phenoxy) is 1. The molecule has 0 radical (unpaired) electrons. The Morgan fingerprint density at radius 3 is 2.79 bits per heavy atom. The van der Waals surface area contributed by atoms with Crippen molar-refractivity contribution in [1.82, 2.24) is 0 Å². The molecule has 5 heteroatoms. The molecular formula is C9H7ClF2O2. The van der Waals surface area contributed by atoms with Crippen molar-refractivity contribution in [3.05, 3.63) is 28.5 Å². The summed E-state index contributed by atoms with van der Waals surface area (Å²) in [6.45, 7) is -0.977. The predicted molar refractivity (Wildman–Crippen MR) is 48.3 cm³/mol. The van der Waals surface area contributed by atoms with E-state index in [0.717, 1.165) is 0 Å². The molecule has 2 nitrogen and oxygen atoms in total. The second-order valence-corrected chi connectivity index (χ2v) is 2.84. The first-order valence-electron chi connectivity index (χ1n) is 3.82. The summed E-state index contributed by atoms with van der Waals surface area (Å²) in [7, 11) is 0. The molecule has 0 aliphatic heterocycles. The maximum absolute atomic E-state index is 13.3. The van der Waals surface area contributed by atoms with Gasteiger partial charge in [0.15, 0.2) is 17.9 Å². The Balaban J connectivity index is 3.02. The second kappa shape index (κ2) is 4.91. The lowest BCUT2D eigenvalue weighted by molar-refractivity contribution is 0.111. The summed E-state index contributed by atoms with van der Waals surface area (Å²) in [5.41, 5.74) is -0.275. The van der Waals surface area contributed by atoms with Gasteiger partial charge in [0, 0.05) is 0 Å². The number of halogens is 3. The molecule has 0 heterocycles. The van der Waals surface area contributed by atoms with E-state index in [4.69, 9.17) is 16.3 Å². The summed E-state index contributed by atoms with van der Waals surface area (Å²) in [5, 5.41) is 0.00472. The van der Waals surface area contributed by atoms with Crippen molar-refractivity contribution in [3.63, 3.8) is 0 Å². The first kappa shape index (κ1) is 10.9. The Labute approximate surface area is 84.4 Å². The Kier molecular flexibility index (Phi) is 3.83. The Morgan fingerprint density at radius 1 is 1.50 bits per heavy atom. The standard InChI is InChI=1S/C9H7ClF2O2/c10-7-1-2-8(14-4-3-11)9(12)6(7)5-13/h1-2,5H,3-4H2. The quantitative estimate of drug-likeness (QED) is 0.730. The van der Waals surface area contributed by atoms with Gasteiger partial charge in [0.1, 0.15) is 13.3 Å². The lowest BCUT2D eigenvalue weighted by Crippen LogP contribution is -2.02. The van der Waals surface area contributed by atoms with Crippen molar-refractivity contribution in [1.29, 1.82) is 0 Å². The number of hydrogen-bond acceptors (Lipinski definition) is 2. The van der Waals surface area contributed by atoms with E-state index in [1.165, 1.54) is 12.1 Å². The van der Waals surface area contributed by atoms with Gasteiger partial charge in [-0.15, -0.1) is 0 Å². The van der Waals surface area contributed by atoms with Crippen LogP contribution >= 0.6 is 11.6 Å². The van der Waals surface area contributed by atoms with Crippen LogP contribution in [-0.2, 0) is 0 Å². The molecule has 14 heavy (non-hydrogen) atoms. The zero-order valence-electron chi connectivity index (χ0n) is 7.10. The summed E-state index contributed by atoms with van der Waals surface area (Å²) in [6.07, 6.45) is 0.292. The molecule has 76 valence electrons. The van der Waals surface area contributed by atoms with Crippen LogP contribution in [-0.4, -0.2) is 19.6 Å². The van der Waals surface area contributed by atoms with Crippen LogP contribution < -0.4 is 4.74 Å². The Bertz CT molecular complexity index is 342. The molecule has 0 spiro atoms. The maximum atomic E-state index is 13.3. The van der Waals surface area contributed by atoms with Crippen molar-refractivity contribution in [2.75, 3.05) is 13.3 Å². The van der Waals surface area contributed by atoms with Crippen LogP contribution in [0.15, 0.2) is 12.1 Å². The van der Waals surface area contributed by atoms with Gasteiger partial charge in [-0.1, -0.05) is 11.6 Å². The molecule has 1 aromatic rings. The van der Waals surface area contributed by atoms with E-state index in [2.05, 4.69) is 0 Å². The molecule has 0 atom stereocenters. The SMILES string of the molecule is O=Cc1c(Cl)ccc(OCCF)c1F. The number of rotatable bonds is 4. The van der Waals surface area contributed by atoms with Gasteiger partial charge in [-0.25, -0.2) is 8.78 Å². The molecule has 0 aromatic heterocycles. The van der Waals surface area contributed by atoms with E-state index >= 15 is 0 Å². The molecule has 0 saturated carbocycles. The third-order valence-electron chi connectivity index (χ3n) is 1.54. The number of hydrogen-bond donors (Lipinski definition) is 0. The van der Waals surface area contributed by atoms with Crippen LogP contribution in [0.5, 0.6) is 5.75 Å². The van der Waals surface area contributed by atoms with E-state index in [-0.39, 0.29) is 22.9 Å². The van der Waals surface area contributed by atoms with E-state index in [9.17, 15) is 13.6 Å².